The maximum absolute atomic E-state index is 12.0. The van der Waals surface area contributed by atoms with Crippen LogP contribution in [0.25, 0.3) is 0 Å². The first-order valence-electron chi connectivity index (χ1n) is 7.19. The Morgan fingerprint density at radius 2 is 2.19 bits per heavy atom. The number of carbonyl (C=O) groups excluding carboxylic acids is 1. The molecule has 0 aliphatic carbocycles. The molecule has 0 fully saturated rings. The van der Waals surface area contributed by atoms with Gasteiger partial charge in [0, 0.05) is 18.8 Å². The summed E-state index contributed by atoms with van der Waals surface area (Å²) in [5.74, 6) is 0.600. The molecule has 5 heteroatoms. The topological polar surface area (TPSA) is 75.0 Å². The summed E-state index contributed by atoms with van der Waals surface area (Å²) < 4.78 is 0. The number of benzene rings is 1. The number of rotatable bonds is 3. The quantitative estimate of drug-likeness (QED) is 0.899. The van der Waals surface area contributed by atoms with Gasteiger partial charge in [-0.25, -0.2) is 4.98 Å². The Balaban J connectivity index is 1.92. The lowest BCUT2D eigenvalue weighted by Gasteiger charge is -2.35. The van der Waals surface area contributed by atoms with Crippen molar-refractivity contribution in [3.05, 3.63) is 52.6 Å². The predicted molar refractivity (Wildman–Crippen MR) is 80.6 cm³/mol. The average Bonchev–Trinajstić information content (AvgIpc) is 2.76. The van der Waals surface area contributed by atoms with Crippen LogP contribution in [0.4, 0.5) is 0 Å². The molecule has 21 heavy (non-hydrogen) atoms. The van der Waals surface area contributed by atoms with Gasteiger partial charge in [-0.3, -0.25) is 9.69 Å². The number of aromatic amines is 1. The van der Waals surface area contributed by atoms with E-state index in [9.17, 15) is 4.79 Å². The molecule has 0 spiro atoms. The molecule has 1 unspecified atom stereocenters. The van der Waals surface area contributed by atoms with E-state index in [0.717, 1.165) is 35.7 Å². The van der Waals surface area contributed by atoms with Crippen LogP contribution < -0.4 is 5.73 Å². The number of nitrogens with two attached hydrogens (primary N) is 1. The van der Waals surface area contributed by atoms with Gasteiger partial charge in [-0.1, -0.05) is 24.3 Å². The van der Waals surface area contributed by atoms with E-state index in [1.54, 1.807) is 0 Å². The van der Waals surface area contributed by atoms with Crippen molar-refractivity contribution in [3.63, 3.8) is 0 Å². The lowest BCUT2D eigenvalue weighted by molar-refractivity contribution is -0.124. The maximum Gasteiger partial charge on any atom is 0.239 e. The zero-order valence-electron chi connectivity index (χ0n) is 12.4. The predicted octanol–water partition coefficient (Wildman–Crippen LogP) is 1.61. The summed E-state index contributed by atoms with van der Waals surface area (Å²) in [6.07, 6.45) is 0.933. The number of hydrogen-bond donors (Lipinski definition) is 2. The molecule has 0 saturated carbocycles. The number of carbonyl (C=O) groups is 1. The third-order valence-electron chi connectivity index (χ3n) is 4.11. The van der Waals surface area contributed by atoms with E-state index >= 15 is 0 Å². The molecule has 2 aromatic rings. The van der Waals surface area contributed by atoms with Crippen LogP contribution in [0.3, 0.4) is 0 Å². The number of imidazole rings is 1. The largest absolute Gasteiger partial charge is 0.368 e. The van der Waals surface area contributed by atoms with Gasteiger partial charge < -0.3 is 10.7 Å². The zero-order valence-corrected chi connectivity index (χ0v) is 12.4. The van der Waals surface area contributed by atoms with Crippen LogP contribution >= 0.6 is 0 Å². The van der Waals surface area contributed by atoms with Crippen LogP contribution in [-0.4, -0.2) is 27.3 Å². The number of nitrogens with one attached hydrogen (secondary N) is 1. The van der Waals surface area contributed by atoms with Gasteiger partial charge in [-0.15, -0.1) is 0 Å². The summed E-state index contributed by atoms with van der Waals surface area (Å²) in [4.78, 5) is 21.8. The molecule has 1 aliphatic heterocycles. The van der Waals surface area contributed by atoms with Crippen LogP contribution in [-0.2, 0) is 17.8 Å². The molecule has 1 amide bonds. The Labute approximate surface area is 124 Å². The van der Waals surface area contributed by atoms with Crippen LogP contribution in [0, 0.1) is 13.8 Å². The second kappa shape index (κ2) is 5.33. The normalized spacial score (nSPS) is 18.5. The molecular formula is C16H20N4O. The minimum Gasteiger partial charge on any atom is -0.368 e. The van der Waals surface area contributed by atoms with Gasteiger partial charge in [-0.2, -0.15) is 0 Å². The number of nitrogens with zero attached hydrogens (tertiary/aromatic N) is 2. The van der Waals surface area contributed by atoms with E-state index in [2.05, 4.69) is 20.9 Å². The van der Waals surface area contributed by atoms with E-state index in [4.69, 9.17) is 5.73 Å². The molecule has 1 aromatic carbocycles. The fourth-order valence-electron chi connectivity index (χ4n) is 3.13. The molecule has 3 rings (SSSR count). The lowest BCUT2D eigenvalue weighted by atomic mass is 9.92. The molecule has 0 radical (unpaired) electrons. The minimum atomic E-state index is -0.369. The molecule has 5 nitrogen and oxygen atoms in total. The lowest BCUT2D eigenvalue weighted by Crippen LogP contribution is -2.42. The van der Waals surface area contributed by atoms with Crippen molar-refractivity contribution in [1.82, 2.24) is 14.9 Å². The van der Waals surface area contributed by atoms with E-state index < -0.39 is 0 Å². The maximum atomic E-state index is 12.0. The van der Waals surface area contributed by atoms with Crippen molar-refractivity contribution in [2.24, 2.45) is 5.73 Å². The Morgan fingerprint density at radius 1 is 1.43 bits per heavy atom. The number of H-pyrrole nitrogens is 1. The highest BCUT2D eigenvalue weighted by Crippen LogP contribution is 2.30. The van der Waals surface area contributed by atoms with Gasteiger partial charge in [0.1, 0.15) is 11.9 Å². The Kier molecular flexibility index (Phi) is 3.51. The van der Waals surface area contributed by atoms with Crippen molar-refractivity contribution < 1.29 is 4.79 Å². The van der Waals surface area contributed by atoms with Crippen LogP contribution in [0.5, 0.6) is 0 Å². The SMILES string of the molecule is Cc1nc(CN2CCc3ccccc3C2C(N)=O)c(C)[nH]1. The van der Waals surface area contributed by atoms with E-state index in [0.29, 0.717) is 6.54 Å². The average molecular weight is 284 g/mol. The summed E-state index contributed by atoms with van der Waals surface area (Å²) in [5, 5.41) is 0. The van der Waals surface area contributed by atoms with Crippen molar-refractivity contribution in [1.29, 1.82) is 0 Å². The number of aryl methyl sites for hydroxylation is 2. The van der Waals surface area contributed by atoms with E-state index in [-0.39, 0.29) is 11.9 Å². The summed E-state index contributed by atoms with van der Waals surface area (Å²) in [6, 6.07) is 7.67. The van der Waals surface area contributed by atoms with Gasteiger partial charge in [0.15, 0.2) is 0 Å². The van der Waals surface area contributed by atoms with Crippen LogP contribution in [0.1, 0.15) is 34.4 Å². The summed E-state index contributed by atoms with van der Waals surface area (Å²) in [7, 11) is 0. The number of hydrogen-bond acceptors (Lipinski definition) is 3. The third kappa shape index (κ3) is 2.56. The van der Waals surface area contributed by atoms with Gasteiger partial charge in [-0.05, 0) is 31.4 Å². The molecule has 0 saturated heterocycles. The van der Waals surface area contributed by atoms with Gasteiger partial charge in [0.05, 0.1) is 5.69 Å². The second-order valence-corrected chi connectivity index (χ2v) is 5.62. The Morgan fingerprint density at radius 3 is 2.86 bits per heavy atom. The molecule has 0 bridgehead atoms. The summed E-state index contributed by atoms with van der Waals surface area (Å²) in [6.45, 7) is 5.40. The third-order valence-corrected chi connectivity index (χ3v) is 4.11. The fraction of sp³-hybridized carbons (Fsp3) is 0.375. The molecule has 3 N–H and O–H groups in total. The summed E-state index contributed by atoms with van der Waals surface area (Å²) >= 11 is 0. The number of amides is 1. The second-order valence-electron chi connectivity index (χ2n) is 5.62. The van der Waals surface area contributed by atoms with Crippen LogP contribution in [0.15, 0.2) is 24.3 Å². The van der Waals surface area contributed by atoms with Crippen molar-refractivity contribution in [2.45, 2.75) is 32.9 Å². The van der Waals surface area contributed by atoms with Gasteiger partial charge >= 0.3 is 0 Å². The molecule has 1 aromatic heterocycles. The van der Waals surface area contributed by atoms with E-state index in [1.807, 2.05) is 32.0 Å². The highest BCUT2D eigenvalue weighted by molar-refractivity contribution is 5.82. The standard InChI is InChI=1S/C16H20N4O/c1-10-14(19-11(2)18-10)9-20-8-7-12-5-3-4-6-13(12)15(20)16(17)21/h3-6,15H,7-9H2,1-2H3,(H2,17,21)(H,18,19). The Hall–Kier alpha value is -2.14. The minimum absolute atomic E-state index is 0.299. The zero-order chi connectivity index (χ0) is 15.0. The van der Waals surface area contributed by atoms with Crippen molar-refractivity contribution in [3.8, 4) is 0 Å². The van der Waals surface area contributed by atoms with E-state index in [1.165, 1.54) is 5.56 Å². The molecule has 1 aliphatic rings. The highest BCUT2D eigenvalue weighted by Gasteiger charge is 2.31. The number of fused-ring (bicyclic) bond motifs is 1. The Bertz CT molecular complexity index is 677. The molecule has 1 atom stereocenters. The highest BCUT2D eigenvalue weighted by atomic mass is 16.1. The molecule has 2 heterocycles. The smallest absolute Gasteiger partial charge is 0.239 e. The number of aromatic nitrogens is 2. The number of primary amides is 1. The fourth-order valence-corrected chi connectivity index (χ4v) is 3.13. The van der Waals surface area contributed by atoms with Crippen LogP contribution in [0.2, 0.25) is 0 Å². The first-order chi connectivity index (χ1) is 10.1. The molecule has 110 valence electrons. The summed E-state index contributed by atoms with van der Waals surface area (Å²) in [5.41, 5.74) is 9.94. The molecular weight excluding hydrogens is 264 g/mol. The van der Waals surface area contributed by atoms with Crippen molar-refractivity contribution in [2.75, 3.05) is 6.54 Å². The van der Waals surface area contributed by atoms with Gasteiger partial charge in [0.2, 0.25) is 5.91 Å². The first-order valence-corrected chi connectivity index (χ1v) is 7.19. The van der Waals surface area contributed by atoms with Crippen molar-refractivity contribution >= 4 is 5.91 Å². The van der Waals surface area contributed by atoms with Gasteiger partial charge in [0.25, 0.3) is 0 Å². The monoisotopic (exact) mass is 284 g/mol. The first kappa shape index (κ1) is 13.8.